The number of amides is 1. The molecule has 20 heavy (non-hydrogen) atoms. The highest BCUT2D eigenvalue weighted by molar-refractivity contribution is 5.76. The highest BCUT2D eigenvalue weighted by Crippen LogP contribution is 2.53. The number of nitrogens with one attached hydrogen (secondary N) is 2. The molecular weight excluding hydrogens is 248 g/mol. The molecule has 4 saturated carbocycles. The highest BCUT2D eigenvalue weighted by Gasteiger charge is 2.47. The molecule has 2 N–H and O–H groups in total. The molecule has 0 atom stereocenters. The van der Waals surface area contributed by atoms with Crippen LogP contribution in [-0.4, -0.2) is 25.0 Å². The number of hydrogen-bond acceptors (Lipinski definition) is 2. The third kappa shape index (κ3) is 3.19. The van der Waals surface area contributed by atoms with Crippen molar-refractivity contribution in [1.29, 1.82) is 0 Å². The molecule has 3 heteroatoms. The topological polar surface area (TPSA) is 41.1 Å². The molecule has 4 rings (SSSR count). The third-order valence-corrected chi connectivity index (χ3v) is 5.67. The second-order valence-corrected chi connectivity index (χ2v) is 7.86. The van der Waals surface area contributed by atoms with Crippen LogP contribution in [0.25, 0.3) is 0 Å². The van der Waals surface area contributed by atoms with Crippen LogP contribution in [0.5, 0.6) is 0 Å². The quantitative estimate of drug-likeness (QED) is 0.784. The normalized spacial score (nSPS) is 38.5. The van der Waals surface area contributed by atoms with E-state index < -0.39 is 0 Å². The maximum atomic E-state index is 11.7. The van der Waals surface area contributed by atoms with Crippen LogP contribution in [0.1, 0.15) is 52.4 Å². The summed E-state index contributed by atoms with van der Waals surface area (Å²) in [4.78, 5) is 11.7. The van der Waals surface area contributed by atoms with Crippen molar-refractivity contribution in [2.24, 2.45) is 29.6 Å². The number of hydrogen-bond donors (Lipinski definition) is 2. The largest absolute Gasteiger partial charge is 0.356 e. The minimum absolute atomic E-state index is 0.204. The summed E-state index contributed by atoms with van der Waals surface area (Å²) in [6.07, 6.45) is 7.94. The van der Waals surface area contributed by atoms with E-state index in [-0.39, 0.29) is 5.91 Å². The van der Waals surface area contributed by atoms with Crippen LogP contribution in [0, 0.1) is 29.6 Å². The van der Waals surface area contributed by atoms with Crippen molar-refractivity contribution in [3.8, 4) is 0 Å². The van der Waals surface area contributed by atoms with Crippen molar-refractivity contribution in [3.05, 3.63) is 0 Å². The van der Waals surface area contributed by atoms with Gasteiger partial charge in [0, 0.05) is 25.6 Å². The van der Waals surface area contributed by atoms with Crippen LogP contribution in [0.3, 0.4) is 0 Å². The first-order chi connectivity index (χ1) is 9.61. The first-order valence-corrected chi connectivity index (χ1v) is 8.62. The summed E-state index contributed by atoms with van der Waals surface area (Å²) >= 11 is 0. The van der Waals surface area contributed by atoms with Gasteiger partial charge < -0.3 is 10.6 Å². The predicted molar refractivity (Wildman–Crippen MR) is 81.3 cm³/mol. The summed E-state index contributed by atoms with van der Waals surface area (Å²) in [6, 6.07) is 0.709. The average Bonchev–Trinajstić information content (AvgIpc) is 2.38. The molecule has 114 valence electrons. The van der Waals surface area contributed by atoms with Crippen LogP contribution in [-0.2, 0) is 4.79 Å². The Bertz CT molecular complexity index is 325. The Morgan fingerprint density at radius 1 is 1.05 bits per heavy atom. The molecule has 0 saturated heterocycles. The van der Waals surface area contributed by atoms with E-state index in [1.165, 1.54) is 32.1 Å². The summed E-state index contributed by atoms with van der Waals surface area (Å²) < 4.78 is 0. The van der Waals surface area contributed by atoms with Crippen LogP contribution in [0.15, 0.2) is 0 Å². The Kier molecular flexibility index (Phi) is 4.34. The van der Waals surface area contributed by atoms with E-state index in [4.69, 9.17) is 0 Å². The van der Waals surface area contributed by atoms with E-state index in [9.17, 15) is 4.79 Å². The standard InChI is InChI=1S/C17H30N2O/c1-11(2)10-19-16(20)3-4-18-17-14-6-12-5-13(8-14)9-15(17)7-12/h11-15,17-18H,3-10H2,1-2H3,(H,19,20). The maximum absolute atomic E-state index is 11.7. The molecule has 1 amide bonds. The minimum atomic E-state index is 0.204. The monoisotopic (exact) mass is 278 g/mol. The van der Waals surface area contributed by atoms with Crippen LogP contribution >= 0.6 is 0 Å². The molecule has 4 fully saturated rings. The van der Waals surface area contributed by atoms with Crippen molar-refractivity contribution in [3.63, 3.8) is 0 Å². The number of carbonyl (C=O) groups excluding carboxylic acids is 1. The van der Waals surface area contributed by atoms with Gasteiger partial charge in [0.15, 0.2) is 0 Å². The summed E-state index contributed by atoms with van der Waals surface area (Å²) in [5, 5.41) is 6.73. The molecule has 0 aliphatic heterocycles. The Morgan fingerprint density at radius 3 is 2.20 bits per heavy atom. The Labute approximate surface area is 123 Å². The fourth-order valence-electron chi connectivity index (χ4n) is 5.02. The molecule has 0 aromatic rings. The number of carbonyl (C=O) groups is 1. The lowest BCUT2D eigenvalue weighted by Crippen LogP contribution is -2.54. The van der Waals surface area contributed by atoms with Gasteiger partial charge >= 0.3 is 0 Å². The van der Waals surface area contributed by atoms with Gasteiger partial charge in [-0.1, -0.05) is 13.8 Å². The first kappa shape index (κ1) is 14.4. The molecule has 3 nitrogen and oxygen atoms in total. The molecule has 4 aliphatic rings. The lowest BCUT2D eigenvalue weighted by Gasteiger charge is -2.54. The predicted octanol–water partition coefficient (Wildman–Crippen LogP) is 2.56. The molecule has 0 unspecified atom stereocenters. The van der Waals surface area contributed by atoms with Gasteiger partial charge in [-0.15, -0.1) is 0 Å². The molecular formula is C17H30N2O. The molecule has 0 heterocycles. The van der Waals surface area contributed by atoms with Crippen molar-refractivity contribution in [1.82, 2.24) is 10.6 Å². The van der Waals surface area contributed by atoms with E-state index in [1.807, 2.05) is 0 Å². The van der Waals surface area contributed by atoms with Gasteiger partial charge in [0.25, 0.3) is 0 Å². The Morgan fingerprint density at radius 2 is 1.65 bits per heavy atom. The first-order valence-electron chi connectivity index (χ1n) is 8.62. The van der Waals surface area contributed by atoms with Crippen molar-refractivity contribution >= 4 is 5.91 Å². The van der Waals surface area contributed by atoms with Gasteiger partial charge in [-0.3, -0.25) is 4.79 Å². The molecule has 0 aromatic heterocycles. The minimum Gasteiger partial charge on any atom is -0.356 e. The van der Waals surface area contributed by atoms with Gasteiger partial charge in [-0.2, -0.15) is 0 Å². The second-order valence-electron chi connectivity index (χ2n) is 7.86. The molecule has 4 bridgehead atoms. The zero-order chi connectivity index (χ0) is 14.1. The summed E-state index contributed by atoms with van der Waals surface area (Å²) in [5.41, 5.74) is 0. The zero-order valence-corrected chi connectivity index (χ0v) is 13.0. The Hall–Kier alpha value is -0.570. The highest BCUT2D eigenvalue weighted by atomic mass is 16.1. The summed E-state index contributed by atoms with van der Waals surface area (Å²) in [5.74, 6) is 4.62. The molecule has 4 aliphatic carbocycles. The summed E-state index contributed by atoms with van der Waals surface area (Å²) in [6.45, 7) is 5.92. The fourth-order valence-corrected chi connectivity index (χ4v) is 5.02. The smallest absolute Gasteiger partial charge is 0.221 e. The average molecular weight is 278 g/mol. The van der Waals surface area contributed by atoms with Crippen molar-refractivity contribution in [2.45, 2.75) is 58.4 Å². The van der Waals surface area contributed by atoms with Crippen LogP contribution in [0.4, 0.5) is 0 Å². The number of rotatable bonds is 6. The Balaban J connectivity index is 1.40. The SMILES string of the molecule is CC(C)CNC(=O)CCNC1C2CC3CC(C2)CC1C3. The van der Waals surface area contributed by atoms with Gasteiger partial charge in [-0.05, 0) is 61.7 Å². The van der Waals surface area contributed by atoms with Gasteiger partial charge in [0.1, 0.15) is 0 Å². The van der Waals surface area contributed by atoms with Gasteiger partial charge in [0.2, 0.25) is 5.91 Å². The molecule has 0 spiro atoms. The second kappa shape index (κ2) is 6.05. The molecule has 0 aromatic carbocycles. The van der Waals surface area contributed by atoms with E-state index in [1.54, 1.807) is 0 Å². The van der Waals surface area contributed by atoms with E-state index in [0.29, 0.717) is 18.4 Å². The van der Waals surface area contributed by atoms with Crippen molar-refractivity contribution in [2.75, 3.05) is 13.1 Å². The zero-order valence-electron chi connectivity index (χ0n) is 13.0. The van der Waals surface area contributed by atoms with Crippen LogP contribution < -0.4 is 10.6 Å². The lowest BCUT2D eigenvalue weighted by atomic mass is 9.54. The lowest BCUT2D eigenvalue weighted by molar-refractivity contribution is -0.121. The van der Waals surface area contributed by atoms with E-state index >= 15 is 0 Å². The van der Waals surface area contributed by atoms with E-state index in [0.717, 1.165) is 36.8 Å². The van der Waals surface area contributed by atoms with Gasteiger partial charge in [-0.25, -0.2) is 0 Å². The fraction of sp³-hybridized carbons (Fsp3) is 0.941. The van der Waals surface area contributed by atoms with Crippen molar-refractivity contribution < 1.29 is 4.79 Å². The maximum Gasteiger partial charge on any atom is 0.221 e. The summed E-state index contributed by atoms with van der Waals surface area (Å²) in [7, 11) is 0. The molecule has 0 radical (unpaired) electrons. The van der Waals surface area contributed by atoms with Crippen LogP contribution in [0.2, 0.25) is 0 Å². The van der Waals surface area contributed by atoms with E-state index in [2.05, 4.69) is 24.5 Å². The third-order valence-electron chi connectivity index (χ3n) is 5.67. The van der Waals surface area contributed by atoms with Gasteiger partial charge in [0.05, 0.1) is 0 Å².